The van der Waals surface area contributed by atoms with Crippen molar-refractivity contribution in [3.05, 3.63) is 72.1 Å². The monoisotopic (exact) mass is 476 g/mol. The summed E-state index contributed by atoms with van der Waals surface area (Å²) < 4.78 is 27.5. The van der Waals surface area contributed by atoms with Crippen molar-refractivity contribution in [3.8, 4) is 11.1 Å². The second kappa shape index (κ2) is 8.45. The van der Waals surface area contributed by atoms with Gasteiger partial charge >= 0.3 is 0 Å². The van der Waals surface area contributed by atoms with Gasteiger partial charge in [0, 0.05) is 29.1 Å². The maximum Gasteiger partial charge on any atom is 0.251 e. The number of hydrogen-bond donors (Lipinski definition) is 3. The molecule has 0 aliphatic heterocycles. The van der Waals surface area contributed by atoms with Crippen LogP contribution in [0.5, 0.6) is 0 Å². The number of rotatable bonds is 7. The SMILES string of the molecule is Cc1ccc(Nc2ccn3ncc(-c4ccc(C(=O)NC5CC5)cc4)c3n2)cc1NS(C)(=O)=O. The largest absolute Gasteiger partial charge is 0.349 e. The lowest BCUT2D eigenvalue weighted by Crippen LogP contribution is -2.25. The maximum atomic E-state index is 12.3. The average Bonchev–Trinajstić information content (AvgIpc) is 3.51. The van der Waals surface area contributed by atoms with Crippen LogP contribution in [0.25, 0.3) is 16.8 Å². The Morgan fingerprint density at radius 2 is 1.85 bits per heavy atom. The van der Waals surface area contributed by atoms with Gasteiger partial charge in [-0.1, -0.05) is 18.2 Å². The third kappa shape index (κ3) is 4.86. The molecule has 1 aliphatic rings. The fourth-order valence-corrected chi connectivity index (χ4v) is 4.22. The Bertz CT molecular complexity index is 1490. The molecule has 34 heavy (non-hydrogen) atoms. The zero-order valence-corrected chi connectivity index (χ0v) is 19.6. The molecule has 0 bridgehead atoms. The first-order valence-electron chi connectivity index (χ1n) is 10.9. The average molecular weight is 477 g/mol. The molecule has 1 saturated carbocycles. The van der Waals surface area contributed by atoms with E-state index in [-0.39, 0.29) is 5.91 Å². The summed E-state index contributed by atoms with van der Waals surface area (Å²) in [5.41, 5.74) is 5.03. The highest BCUT2D eigenvalue weighted by Gasteiger charge is 2.23. The van der Waals surface area contributed by atoms with E-state index in [2.05, 4.69) is 20.5 Å². The molecule has 0 saturated heterocycles. The molecule has 1 amide bonds. The highest BCUT2D eigenvalue weighted by atomic mass is 32.2. The number of sulfonamides is 1. The van der Waals surface area contributed by atoms with Gasteiger partial charge in [-0.2, -0.15) is 5.10 Å². The van der Waals surface area contributed by atoms with E-state index in [1.54, 1.807) is 41.2 Å². The van der Waals surface area contributed by atoms with E-state index < -0.39 is 10.0 Å². The molecule has 0 spiro atoms. The van der Waals surface area contributed by atoms with Crippen LogP contribution in [0.15, 0.2) is 60.9 Å². The molecule has 4 aromatic rings. The number of hydrogen-bond acceptors (Lipinski definition) is 6. The number of benzene rings is 2. The summed E-state index contributed by atoms with van der Waals surface area (Å²) in [5, 5.41) is 10.6. The Morgan fingerprint density at radius 1 is 1.09 bits per heavy atom. The van der Waals surface area contributed by atoms with E-state index in [1.807, 2.05) is 31.2 Å². The standard InChI is InChI=1S/C24H24N6O3S/c1-15-3-8-19(13-21(15)29-34(2,32)33)26-22-11-12-30-23(28-22)20(14-25-30)16-4-6-17(7-5-16)24(31)27-18-9-10-18/h3-8,11-14,18,29H,9-10H2,1-2H3,(H,26,28)(H,27,31). The highest BCUT2D eigenvalue weighted by molar-refractivity contribution is 7.92. The van der Waals surface area contributed by atoms with Crippen molar-refractivity contribution in [2.24, 2.45) is 0 Å². The van der Waals surface area contributed by atoms with Crippen LogP contribution in [0.2, 0.25) is 0 Å². The number of nitrogens with one attached hydrogen (secondary N) is 3. The van der Waals surface area contributed by atoms with Gasteiger partial charge in [0.1, 0.15) is 5.82 Å². The second-order valence-electron chi connectivity index (χ2n) is 8.49. The molecule has 2 aromatic heterocycles. The van der Waals surface area contributed by atoms with Crippen molar-refractivity contribution >= 4 is 38.8 Å². The molecule has 9 nitrogen and oxygen atoms in total. The van der Waals surface area contributed by atoms with E-state index in [1.165, 1.54) is 0 Å². The summed E-state index contributed by atoms with van der Waals surface area (Å²) in [7, 11) is -3.39. The first kappa shape index (κ1) is 21.9. The molecule has 5 rings (SSSR count). The molecule has 2 heterocycles. The first-order chi connectivity index (χ1) is 16.2. The quantitative estimate of drug-likeness (QED) is 0.374. The number of aryl methyl sites for hydroxylation is 1. The summed E-state index contributed by atoms with van der Waals surface area (Å²) in [6.07, 6.45) is 6.76. The Morgan fingerprint density at radius 3 is 2.56 bits per heavy atom. The minimum absolute atomic E-state index is 0.0543. The van der Waals surface area contributed by atoms with Gasteiger partial charge < -0.3 is 10.6 Å². The normalized spacial score (nSPS) is 13.6. The molecule has 1 fully saturated rings. The van der Waals surface area contributed by atoms with Gasteiger partial charge in [-0.15, -0.1) is 0 Å². The summed E-state index contributed by atoms with van der Waals surface area (Å²) >= 11 is 0. The van der Waals surface area contributed by atoms with E-state index in [9.17, 15) is 13.2 Å². The van der Waals surface area contributed by atoms with Crippen molar-refractivity contribution in [2.45, 2.75) is 25.8 Å². The second-order valence-corrected chi connectivity index (χ2v) is 10.2. The zero-order chi connectivity index (χ0) is 23.9. The maximum absolute atomic E-state index is 12.3. The Labute approximate surface area is 197 Å². The lowest BCUT2D eigenvalue weighted by atomic mass is 10.1. The van der Waals surface area contributed by atoms with Crippen LogP contribution in [0.4, 0.5) is 17.2 Å². The molecule has 10 heteroatoms. The number of anilines is 3. The molecule has 2 aromatic carbocycles. The van der Waals surface area contributed by atoms with Crippen LogP contribution in [0.1, 0.15) is 28.8 Å². The first-order valence-corrected chi connectivity index (χ1v) is 12.8. The predicted octanol–water partition coefficient (Wildman–Crippen LogP) is 3.71. The summed E-state index contributed by atoms with van der Waals surface area (Å²) in [5.74, 6) is 0.533. The molecule has 1 aliphatic carbocycles. The fraction of sp³-hybridized carbons (Fsp3) is 0.208. The Balaban J connectivity index is 1.40. The van der Waals surface area contributed by atoms with Crippen LogP contribution in [0.3, 0.4) is 0 Å². The predicted molar refractivity (Wildman–Crippen MR) is 132 cm³/mol. The summed E-state index contributed by atoms with van der Waals surface area (Å²) in [6, 6.07) is 14.9. The van der Waals surface area contributed by atoms with Gasteiger partial charge in [0.2, 0.25) is 10.0 Å². The minimum Gasteiger partial charge on any atom is -0.349 e. The van der Waals surface area contributed by atoms with E-state index in [0.29, 0.717) is 34.4 Å². The van der Waals surface area contributed by atoms with Crippen molar-refractivity contribution in [1.29, 1.82) is 0 Å². The molecular weight excluding hydrogens is 452 g/mol. The summed E-state index contributed by atoms with van der Waals surface area (Å²) in [6.45, 7) is 1.83. The van der Waals surface area contributed by atoms with E-state index in [4.69, 9.17) is 4.98 Å². The van der Waals surface area contributed by atoms with Gasteiger partial charge in [0.05, 0.1) is 18.1 Å². The van der Waals surface area contributed by atoms with E-state index >= 15 is 0 Å². The van der Waals surface area contributed by atoms with Crippen molar-refractivity contribution in [2.75, 3.05) is 16.3 Å². The van der Waals surface area contributed by atoms with Crippen molar-refractivity contribution < 1.29 is 13.2 Å². The van der Waals surface area contributed by atoms with Crippen LogP contribution >= 0.6 is 0 Å². The van der Waals surface area contributed by atoms with Gasteiger partial charge in [-0.05, 0) is 61.2 Å². The molecule has 0 atom stereocenters. The van der Waals surface area contributed by atoms with Crippen LogP contribution in [0, 0.1) is 6.92 Å². The lowest BCUT2D eigenvalue weighted by Gasteiger charge is -2.12. The van der Waals surface area contributed by atoms with Crippen LogP contribution in [-0.2, 0) is 10.0 Å². The molecule has 3 N–H and O–H groups in total. The van der Waals surface area contributed by atoms with E-state index in [0.717, 1.165) is 35.8 Å². The Kier molecular flexibility index (Phi) is 5.45. The zero-order valence-electron chi connectivity index (χ0n) is 18.7. The smallest absolute Gasteiger partial charge is 0.251 e. The van der Waals surface area contributed by atoms with Gasteiger partial charge in [0.15, 0.2) is 5.65 Å². The highest BCUT2D eigenvalue weighted by Crippen LogP contribution is 2.27. The molecular formula is C24H24N6O3S. The van der Waals surface area contributed by atoms with Crippen molar-refractivity contribution in [3.63, 3.8) is 0 Å². The van der Waals surface area contributed by atoms with Gasteiger partial charge in [-0.3, -0.25) is 9.52 Å². The van der Waals surface area contributed by atoms with Crippen LogP contribution < -0.4 is 15.4 Å². The number of fused-ring (bicyclic) bond motifs is 1. The van der Waals surface area contributed by atoms with Crippen LogP contribution in [-0.4, -0.2) is 41.2 Å². The lowest BCUT2D eigenvalue weighted by molar-refractivity contribution is 0.0951. The number of carbonyl (C=O) groups is 1. The van der Waals surface area contributed by atoms with Crippen molar-refractivity contribution in [1.82, 2.24) is 19.9 Å². The number of nitrogens with zero attached hydrogens (tertiary/aromatic N) is 3. The number of carbonyl (C=O) groups excluding carboxylic acids is 1. The Hall–Kier alpha value is -3.92. The topological polar surface area (TPSA) is 117 Å². The fourth-order valence-electron chi connectivity index (χ4n) is 3.60. The third-order valence-electron chi connectivity index (χ3n) is 5.55. The van der Waals surface area contributed by atoms with Gasteiger partial charge in [0.25, 0.3) is 5.91 Å². The van der Waals surface area contributed by atoms with Gasteiger partial charge in [-0.25, -0.2) is 17.9 Å². The third-order valence-corrected chi connectivity index (χ3v) is 6.14. The number of aromatic nitrogens is 3. The molecule has 0 radical (unpaired) electrons. The number of amides is 1. The molecule has 174 valence electrons. The summed E-state index contributed by atoms with van der Waals surface area (Å²) in [4.78, 5) is 17.0. The molecule has 0 unspecified atom stereocenters. The minimum atomic E-state index is -3.39.